The van der Waals surface area contributed by atoms with Crippen LogP contribution >= 0.6 is 0 Å². The molecule has 1 fully saturated rings. The SMILES string of the molecule is CC1C(F)CC(C(=O)NCc2cc(-c3cnc(C(F)(F)F)nc3)ncc2F)N1S(=O)(=O)c1ccccc1. The quantitative estimate of drug-likeness (QED) is 0.479. The van der Waals surface area contributed by atoms with Gasteiger partial charge < -0.3 is 5.32 Å². The van der Waals surface area contributed by atoms with E-state index in [0.29, 0.717) is 0 Å². The average Bonchev–Trinajstić information content (AvgIpc) is 3.18. The normalized spacial score (nSPS) is 20.6. The van der Waals surface area contributed by atoms with Gasteiger partial charge in [-0.25, -0.2) is 27.2 Å². The molecule has 2 aromatic heterocycles. The molecule has 3 unspecified atom stereocenters. The van der Waals surface area contributed by atoms with Gasteiger partial charge in [0.25, 0.3) is 0 Å². The zero-order valence-electron chi connectivity index (χ0n) is 19.2. The summed E-state index contributed by atoms with van der Waals surface area (Å²) in [5, 5.41) is 2.42. The molecule has 1 aromatic carbocycles. The van der Waals surface area contributed by atoms with Crippen molar-refractivity contribution in [3.63, 3.8) is 0 Å². The lowest BCUT2D eigenvalue weighted by Crippen LogP contribution is -2.48. The molecule has 0 spiro atoms. The summed E-state index contributed by atoms with van der Waals surface area (Å²) >= 11 is 0. The van der Waals surface area contributed by atoms with E-state index < -0.39 is 58.5 Å². The maximum absolute atomic E-state index is 14.6. The Bertz CT molecular complexity index is 1390. The molecule has 0 radical (unpaired) electrons. The lowest BCUT2D eigenvalue weighted by Gasteiger charge is -2.26. The lowest BCUT2D eigenvalue weighted by atomic mass is 10.1. The van der Waals surface area contributed by atoms with E-state index >= 15 is 0 Å². The molecule has 0 bridgehead atoms. The number of benzene rings is 1. The topological polar surface area (TPSA) is 105 Å². The van der Waals surface area contributed by atoms with Gasteiger partial charge in [0.1, 0.15) is 18.0 Å². The summed E-state index contributed by atoms with van der Waals surface area (Å²) in [6.07, 6.45) is -4.14. The van der Waals surface area contributed by atoms with Crippen LogP contribution in [0.4, 0.5) is 22.0 Å². The summed E-state index contributed by atoms with van der Waals surface area (Å²) < 4.78 is 94.1. The highest BCUT2D eigenvalue weighted by molar-refractivity contribution is 7.89. The highest BCUT2D eigenvalue weighted by atomic mass is 32.2. The molecule has 3 heterocycles. The monoisotopic (exact) mass is 541 g/mol. The molecular weight excluding hydrogens is 521 g/mol. The third-order valence-corrected chi connectivity index (χ3v) is 7.90. The van der Waals surface area contributed by atoms with Crippen molar-refractivity contribution in [2.75, 3.05) is 0 Å². The van der Waals surface area contributed by atoms with Crippen molar-refractivity contribution in [3.8, 4) is 11.3 Å². The second kappa shape index (κ2) is 10.1. The number of hydrogen-bond donors (Lipinski definition) is 1. The fraction of sp³-hybridized carbons (Fsp3) is 0.304. The second-order valence-electron chi connectivity index (χ2n) is 8.33. The van der Waals surface area contributed by atoms with Crippen LogP contribution in [0.5, 0.6) is 0 Å². The molecule has 37 heavy (non-hydrogen) atoms. The summed E-state index contributed by atoms with van der Waals surface area (Å²) in [5.74, 6) is -3.01. The molecule has 0 aliphatic carbocycles. The molecule has 3 aromatic rings. The molecule has 1 saturated heterocycles. The maximum Gasteiger partial charge on any atom is 0.451 e. The first kappa shape index (κ1) is 26.5. The van der Waals surface area contributed by atoms with Crippen molar-refractivity contribution < 1.29 is 35.2 Å². The van der Waals surface area contributed by atoms with E-state index in [1.807, 2.05) is 0 Å². The Labute approximate surface area is 208 Å². The molecular formula is C23H20F5N5O3S. The summed E-state index contributed by atoms with van der Waals surface area (Å²) in [4.78, 5) is 23.1. The number of carbonyl (C=O) groups is 1. The van der Waals surface area contributed by atoms with Crippen molar-refractivity contribution in [2.45, 2.75) is 49.2 Å². The number of nitrogens with zero attached hydrogens (tertiary/aromatic N) is 4. The number of amides is 1. The molecule has 1 amide bonds. The van der Waals surface area contributed by atoms with E-state index in [1.54, 1.807) is 6.07 Å². The number of nitrogens with one attached hydrogen (secondary N) is 1. The Morgan fingerprint density at radius 2 is 1.76 bits per heavy atom. The Morgan fingerprint density at radius 3 is 2.38 bits per heavy atom. The van der Waals surface area contributed by atoms with Crippen molar-refractivity contribution in [1.29, 1.82) is 0 Å². The lowest BCUT2D eigenvalue weighted by molar-refractivity contribution is -0.145. The van der Waals surface area contributed by atoms with Crippen LogP contribution in [0.15, 0.2) is 59.9 Å². The van der Waals surface area contributed by atoms with Crippen molar-refractivity contribution >= 4 is 15.9 Å². The predicted molar refractivity (Wildman–Crippen MR) is 120 cm³/mol. The number of aromatic nitrogens is 3. The first-order chi connectivity index (χ1) is 17.4. The van der Waals surface area contributed by atoms with Gasteiger partial charge in [0.2, 0.25) is 21.8 Å². The minimum atomic E-state index is -4.73. The Kier molecular flexibility index (Phi) is 7.24. The largest absolute Gasteiger partial charge is 0.451 e. The summed E-state index contributed by atoms with van der Waals surface area (Å²) in [6.45, 7) is 0.947. The minimum absolute atomic E-state index is 0.0472. The van der Waals surface area contributed by atoms with Gasteiger partial charge in [-0.1, -0.05) is 18.2 Å². The van der Waals surface area contributed by atoms with E-state index in [1.165, 1.54) is 37.3 Å². The summed E-state index contributed by atoms with van der Waals surface area (Å²) in [6, 6.07) is 6.00. The van der Waals surface area contributed by atoms with Gasteiger partial charge in [0, 0.05) is 36.5 Å². The van der Waals surface area contributed by atoms with Crippen LogP contribution in [0.1, 0.15) is 24.7 Å². The van der Waals surface area contributed by atoms with Gasteiger partial charge in [0.15, 0.2) is 0 Å². The van der Waals surface area contributed by atoms with E-state index in [2.05, 4.69) is 20.3 Å². The number of alkyl halides is 4. The first-order valence-electron chi connectivity index (χ1n) is 10.9. The molecule has 1 aliphatic heterocycles. The van der Waals surface area contributed by atoms with Gasteiger partial charge in [0.05, 0.1) is 22.8 Å². The minimum Gasteiger partial charge on any atom is -0.351 e. The highest BCUT2D eigenvalue weighted by Crippen LogP contribution is 2.33. The highest BCUT2D eigenvalue weighted by Gasteiger charge is 2.49. The predicted octanol–water partition coefficient (Wildman–Crippen LogP) is 3.50. The molecule has 14 heteroatoms. The van der Waals surface area contributed by atoms with Gasteiger partial charge in [-0.2, -0.15) is 17.5 Å². The number of hydrogen-bond acceptors (Lipinski definition) is 6. The zero-order valence-corrected chi connectivity index (χ0v) is 20.0. The molecule has 4 rings (SSSR count). The van der Waals surface area contributed by atoms with Crippen LogP contribution in [0.2, 0.25) is 0 Å². The van der Waals surface area contributed by atoms with Crippen molar-refractivity contribution in [3.05, 3.63) is 72.2 Å². The zero-order chi connectivity index (χ0) is 27.0. The van der Waals surface area contributed by atoms with Crippen LogP contribution in [0.25, 0.3) is 11.3 Å². The van der Waals surface area contributed by atoms with Gasteiger partial charge in [-0.05, 0) is 25.1 Å². The molecule has 0 saturated carbocycles. The molecule has 1 N–H and O–H groups in total. The van der Waals surface area contributed by atoms with Crippen molar-refractivity contribution in [2.24, 2.45) is 0 Å². The van der Waals surface area contributed by atoms with Crippen LogP contribution in [-0.4, -0.2) is 51.8 Å². The van der Waals surface area contributed by atoms with Crippen LogP contribution in [-0.2, 0) is 27.5 Å². The Hall–Kier alpha value is -3.52. The smallest absolute Gasteiger partial charge is 0.351 e. The van der Waals surface area contributed by atoms with Gasteiger partial charge in [-0.3, -0.25) is 9.78 Å². The molecule has 8 nitrogen and oxygen atoms in total. The Morgan fingerprint density at radius 1 is 1.11 bits per heavy atom. The van der Waals surface area contributed by atoms with E-state index in [9.17, 15) is 35.2 Å². The number of pyridine rings is 1. The van der Waals surface area contributed by atoms with Crippen LogP contribution < -0.4 is 5.32 Å². The fourth-order valence-electron chi connectivity index (χ4n) is 3.96. The third-order valence-electron chi connectivity index (χ3n) is 5.89. The van der Waals surface area contributed by atoms with Crippen molar-refractivity contribution in [1.82, 2.24) is 24.6 Å². The van der Waals surface area contributed by atoms with E-state index in [-0.39, 0.29) is 28.1 Å². The van der Waals surface area contributed by atoms with Gasteiger partial charge in [-0.15, -0.1) is 0 Å². The van der Waals surface area contributed by atoms with Gasteiger partial charge >= 0.3 is 6.18 Å². The third kappa shape index (κ3) is 5.44. The molecule has 196 valence electrons. The number of carbonyl (C=O) groups excluding carboxylic acids is 1. The first-order valence-corrected chi connectivity index (χ1v) is 12.4. The summed E-state index contributed by atoms with van der Waals surface area (Å²) in [5.41, 5.74) is 0.0371. The average molecular weight is 542 g/mol. The fourth-order valence-corrected chi connectivity index (χ4v) is 5.79. The number of halogens is 5. The molecule has 3 atom stereocenters. The standard InChI is InChI=1S/C23H20F5N5O3S/c1-13-17(24)8-20(33(13)37(35,36)16-5-3-2-4-6-16)21(34)30-9-14-7-19(29-12-18(14)25)15-10-31-22(32-11-15)23(26,27)28/h2-7,10-13,17,20H,8-9H2,1H3,(H,30,34). The summed E-state index contributed by atoms with van der Waals surface area (Å²) in [7, 11) is -4.21. The number of sulfonamides is 1. The van der Waals surface area contributed by atoms with E-state index in [4.69, 9.17) is 0 Å². The maximum atomic E-state index is 14.6. The number of rotatable bonds is 6. The molecule has 1 aliphatic rings. The van der Waals surface area contributed by atoms with Crippen LogP contribution in [0, 0.1) is 5.82 Å². The Balaban J connectivity index is 1.53. The van der Waals surface area contributed by atoms with E-state index in [0.717, 1.165) is 22.9 Å². The van der Waals surface area contributed by atoms with Crippen LogP contribution in [0.3, 0.4) is 0 Å². The second-order valence-corrected chi connectivity index (χ2v) is 10.2.